The molecule has 1 aromatic rings. The van der Waals surface area contributed by atoms with Crippen LogP contribution in [0.2, 0.25) is 0 Å². The predicted octanol–water partition coefficient (Wildman–Crippen LogP) is 0.911. The van der Waals surface area contributed by atoms with Crippen LogP contribution in [0.25, 0.3) is 0 Å². The molecule has 0 fully saturated rings. The summed E-state index contributed by atoms with van der Waals surface area (Å²) in [5.74, 6) is -0.198. The summed E-state index contributed by atoms with van der Waals surface area (Å²) >= 11 is 1.48. The van der Waals surface area contributed by atoms with E-state index in [4.69, 9.17) is 5.73 Å². The van der Waals surface area contributed by atoms with Crippen LogP contribution in [0.5, 0.6) is 0 Å². The van der Waals surface area contributed by atoms with Crippen molar-refractivity contribution in [2.24, 2.45) is 5.73 Å². The highest BCUT2D eigenvalue weighted by Crippen LogP contribution is 2.21. The van der Waals surface area contributed by atoms with Crippen molar-refractivity contribution >= 4 is 22.4 Å². The molecule has 0 saturated carbocycles. The molecule has 0 bridgehead atoms. The number of hydrogen-bond donors (Lipinski definition) is 2. The number of nitrogens with two attached hydrogens (primary N) is 1. The van der Waals surface area contributed by atoms with Crippen LogP contribution >= 0.6 is 11.3 Å². The lowest BCUT2D eigenvalue weighted by Gasteiger charge is -1.95. The number of rotatable bonds is 3. The molecule has 72 valence electrons. The quantitative estimate of drug-likeness (QED) is 0.760. The molecule has 1 amide bonds. The molecule has 4 nitrogen and oxygen atoms in total. The molecule has 13 heavy (non-hydrogen) atoms. The van der Waals surface area contributed by atoms with Crippen molar-refractivity contribution in [2.45, 2.75) is 20.3 Å². The van der Waals surface area contributed by atoms with Gasteiger partial charge in [-0.3, -0.25) is 4.79 Å². The van der Waals surface area contributed by atoms with E-state index in [9.17, 15) is 4.79 Å². The van der Waals surface area contributed by atoms with Gasteiger partial charge >= 0.3 is 0 Å². The smallest absolute Gasteiger partial charge is 0.239 e. The third-order valence-corrected chi connectivity index (χ3v) is 2.59. The molecule has 0 aliphatic heterocycles. The Morgan fingerprint density at radius 1 is 1.69 bits per heavy atom. The number of thiazole rings is 1. The number of nitrogens with one attached hydrogen (secondary N) is 1. The molecule has 5 heteroatoms. The van der Waals surface area contributed by atoms with Crippen LogP contribution < -0.4 is 11.1 Å². The number of aryl methyl sites for hydroxylation is 2. The van der Waals surface area contributed by atoms with Crippen molar-refractivity contribution < 1.29 is 4.79 Å². The van der Waals surface area contributed by atoms with Crippen molar-refractivity contribution in [2.75, 3.05) is 11.9 Å². The maximum Gasteiger partial charge on any atom is 0.239 e. The van der Waals surface area contributed by atoms with Crippen molar-refractivity contribution in [3.8, 4) is 0 Å². The highest BCUT2D eigenvalue weighted by atomic mass is 32.1. The second kappa shape index (κ2) is 4.34. The molecule has 0 atom stereocenters. The van der Waals surface area contributed by atoms with Gasteiger partial charge in [0.15, 0.2) is 5.13 Å². The van der Waals surface area contributed by atoms with E-state index in [0.717, 1.165) is 17.0 Å². The van der Waals surface area contributed by atoms with Crippen molar-refractivity contribution in [1.82, 2.24) is 4.98 Å². The van der Waals surface area contributed by atoms with E-state index in [-0.39, 0.29) is 12.5 Å². The molecule has 0 saturated heterocycles. The Balaban J connectivity index is 2.73. The van der Waals surface area contributed by atoms with Crippen molar-refractivity contribution in [3.05, 3.63) is 10.6 Å². The van der Waals surface area contributed by atoms with E-state index in [1.807, 2.05) is 13.8 Å². The summed E-state index contributed by atoms with van der Waals surface area (Å²) < 4.78 is 0. The van der Waals surface area contributed by atoms with Crippen LogP contribution in [0.3, 0.4) is 0 Å². The molecule has 0 aliphatic carbocycles. The highest BCUT2D eigenvalue weighted by molar-refractivity contribution is 7.15. The molecule has 0 radical (unpaired) electrons. The van der Waals surface area contributed by atoms with Gasteiger partial charge in [-0.1, -0.05) is 6.92 Å². The number of nitrogens with zero attached hydrogens (tertiary/aromatic N) is 1. The minimum atomic E-state index is -0.198. The average molecular weight is 199 g/mol. The molecular weight excluding hydrogens is 186 g/mol. The molecule has 1 aromatic heterocycles. The summed E-state index contributed by atoms with van der Waals surface area (Å²) in [6, 6.07) is 0. The average Bonchev–Trinajstić information content (AvgIpc) is 2.46. The number of carbonyl (C=O) groups is 1. The van der Waals surface area contributed by atoms with Crippen LogP contribution in [0, 0.1) is 6.92 Å². The second-order valence-electron chi connectivity index (χ2n) is 2.63. The van der Waals surface area contributed by atoms with E-state index in [1.54, 1.807) is 0 Å². The Morgan fingerprint density at radius 3 is 2.85 bits per heavy atom. The highest BCUT2D eigenvalue weighted by Gasteiger charge is 2.07. The zero-order valence-corrected chi connectivity index (χ0v) is 8.57. The zero-order valence-electron chi connectivity index (χ0n) is 7.76. The fourth-order valence-corrected chi connectivity index (χ4v) is 1.90. The summed E-state index contributed by atoms with van der Waals surface area (Å²) in [6.07, 6.45) is 0.890. The zero-order chi connectivity index (χ0) is 9.84. The normalized spacial score (nSPS) is 10.1. The van der Waals surface area contributed by atoms with Gasteiger partial charge in [-0.25, -0.2) is 4.98 Å². The van der Waals surface area contributed by atoms with Gasteiger partial charge in [-0.15, -0.1) is 11.3 Å². The summed E-state index contributed by atoms with van der Waals surface area (Å²) in [4.78, 5) is 16.3. The Hall–Kier alpha value is -0.940. The molecule has 3 N–H and O–H groups in total. The molecule has 0 aliphatic rings. The lowest BCUT2D eigenvalue weighted by atomic mass is 10.3. The van der Waals surface area contributed by atoms with Gasteiger partial charge < -0.3 is 11.1 Å². The van der Waals surface area contributed by atoms with Crippen LogP contribution in [0.1, 0.15) is 17.5 Å². The topological polar surface area (TPSA) is 68.0 Å². The van der Waals surface area contributed by atoms with Crippen LogP contribution in [-0.4, -0.2) is 17.4 Å². The fraction of sp³-hybridized carbons (Fsp3) is 0.500. The summed E-state index contributed by atoms with van der Waals surface area (Å²) in [7, 11) is 0. The maximum absolute atomic E-state index is 10.9. The Bertz CT molecular complexity index is 308. The van der Waals surface area contributed by atoms with E-state index >= 15 is 0 Å². The molecule has 0 aromatic carbocycles. The third-order valence-electron chi connectivity index (χ3n) is 1.66. The minimum absolute atomic E-state index is 0.0000853. The van der Waals surface area contributed by atoms with Crippen LogP contribution in [0.15, 0.2) is 0 Å². The van der Waals surface area contributed by atoms with Gasteiger partial charge in [0.1, 0.15) is 0 Å². The van der Waals surface area contributed by atoms with Gasteiger partial charge in [-0.05, 0) is 13.3 Å². The van der Waals surface area contributed by atoms with E-state index in [1.165, 1.54) is 11.3 Å². The minimum Gasteiger partial charge on any atom is -0.322 e. The fourth-order valence-electron chi connectivity index (χ4n) is 0.980. The Morgan fingerprint density at radius 2 is 2.38 bits per heavy atom. The van der Waals surface area contributed by atoms with E-state index in [0.29, 0.717) is 5.13 Å². The molecule has 0 spiro atoms. The van der Waals surface area contributed by atoms with Gasteiger partial charge in [-0.2, -0.15) is 0 Å². The van der Waals surface area contributed by atoms with Gasteiger partial charge in [0.05, 0.1) is 12.2 Å². The first-order valence-corrected chi connectivity index (χ1v) is 4.95. The Labute approximate surface area is 81.2 Å². The second-order valence-corrected chi connectivity index (χ2v) is 3.83. The van der Waals surface area contributed by atoms with Gasteiger partial charge in [0.25, 0.3) is 0 Å². The number of anilines is 1. The summed E-state index contributed by atoms with van der Waals surface area (Å²) in [6.45, 7) is 4.03. The van der Waals surface area contributed by atoms with Crippen molar-refractivity contribution in [1.29, 1.82) is 0 Å². The van der Waals surface area contributed by atoms with Gasteiger partial charge in [0.2, 0.25) is 5.91 Å². The third kappa shape index (κ3) is 2.50. The first-order chi connectivity index (χ1) is 6.17. The maximum atomic E-state index is 10.9. The molecule has 1 heterocycles. The largest absolute Gasteiger partial charge is 0.322 e. The predicted molar refractivity (Wildman–Crippen MR) is 53.9 cm³/mol. The summed E-state index contributed by atoms with van der Waals surface area (Å²) in [5, 5.41) is 3.27. The molecule has 1 rings (SSSR count). The molecular formula is C8H13N3OS. The number of amides is 1. The number of hydrogen-bond acceptors (Lipinski definition) is 4. The standard InChI is InChI=1S/C8H13N3OS/c1-3-6-5(2)13-8(10-6)11-7(12)4-9/h3-4,9H2,1-2H3,(H,10,11,12). The first-order valence-electron chi connectivity index (χ1n) is 4.13. The van der Waals surface area contributed by atoms with Gasteiger partial charge in [0, 0.05) is 4.88 Å². The Kier molecular flexibility index (Phi) is 3.39. The monoisotopic (exact) mass is 199 g/mol. The number of aromatic nitrogens is 1. The van der Waals surface area contributed by atoms with Crippen molar-refractivity contribution in [3.63, 3.8) is 0 Å². The molecule has 0 unspecified atom stereocenters. The van der Waals surface area contributed by atoms with Crippen LogP contribution in [0.4, 0.5) is 5.13 Å². The lowest BCUT2D eigenvalue weighted by Crippen LogP contribution is -2.21. The summed E-state index contributed by atoms with van der Waals surface area (Å²) in [5.41, 5.74) is 6.20. The van der Waals surface area contributed by atoms with Crippen LogP contribution in [-0.2, 0) is 11.2 Å². The first kappa shape index (κ1) is 10.1. The van der Waals surface area contributed by atoms with E-state index in [2.05, 4.69) is 10.3 Å². The number of carbonyl (C=O) groups excluding carboxylic acids is 1. The SMILES string of the molecule is CCc1nc(NC(=O)CN)sc1C. The lowest BCUT2D eigenvalue weighted by molar-refractivity contribution is -0.114. The van der Waals surface area contributed by atoms with E-state index < -0.39 is 0 Å².